The molecular formula is C20H31N. The third-order valence-electron chi connectivity index (χ3n) is 5.07. The molecule has 1 heteroatoms. The first-order valence-electron chi connectivity index (χ1n) is 8.44. The van der Waals surface area contributed by atoms with E-state index in [1.54, 1.807) is 5.57 Å². The fourth-order valence-corrected chi connectivity index (χ4v) is 3.56. The first kappa shape index (κ1) is 16.3. The minimum Gasteiger partial charge on any atom is -0.328 e. The lowest BCUT2D eigenvalue weighted by atomic mass is 9.77. The van der Waals surface area contributed by atoms with Crippen molar-refractivity contribution in [1.29, 1.82) is 0 Å². The van der Waals surface area contributed by atoms with Crippen molar-refractivity contribution in [3.63, 3.8) is 0 Å². The minimum absolute atomic E-state index is 0.430. The zero-order valence-electron chi connectivity index (χ0n) is 14.2. The summed E-state index contributed by atoms with van der Waals surface area (Å²) < 4.78 is 0. The van der Waals surface area contributed by atoms with E-state index in [1.165, 1.54) is 42.4 Å². The highest BCUT2D eigenvalue weighted by atomic mass is 14.6. The van der Waals surface area contributed by atoms with Gasteiger partial charge in [0.1, 0.15) is 0 Å². The van der Waals surface area contributed by atoms with Gasteiger partial charge in [0.2, 0.25) is 0 Å². The van der Waals surface area contributed by atoms with Gasteiger partial charge >= 0.3 is 0 Å². The van der Waals surface area contributed by atoms with E-state index in [4.69, 9.17) is 5.73 Å². The lowest BCUT2D eigenvalue weighted by Crippen LogP contribution is -2.31. The molecule has 0 heterocycles. The summed E-state index contributed by atoms with van der Waals surface area (Å²) >= 11 is 0. The predicted octanol–water partition coefficient (Wildman–Crippen LogP) is 4.95. The highest BCUT2D eigenvalue weighted by Crippen LogP contribution is 2.31. The Labute approximate surface area is 130 Å². The van der Waals surface area contributed by atoms with Gasteiger partial charge in [-0.3, -0.25) is 0 Å². The quantitative estimate of drug-likeness (QED) is 0.779. The molecule has 0 bridgehead atoms. The van der Waals surface area contributed by atoms with E-state index in [9.17, 15) is 0 Å². The lowest BCUT2D eigenvalue weighted by molar-refractivity contribution is 0.276. The van der Waals surface area contributed by atoms with Crippen LogP contribution in [0.15, 0.2) is 29.8 Å². The molecule has 2 N–H and O–H groups in total. The van der Waals surface area contributed by atoms with Gasteiger partial charge in [-0.1, -0.05) is 42.3 Å². The number of benzene rings is 1. The van der Waals surface area contributed by atoms with Crippen molar-refractivity contribution >= 4 is 0 Å². The fourth-order valence-electron chi connectivity index (χ4n) is 3.56. The summed E-state index contributed by atoms with van der Waals surface area (Å²) in [6.45, 7) is 9.06. The molecule has 0 saturated heterocycles. The molecular weight excluding hydrogens is 254 g/mol. The Hall–Kier alpha value is -1.08. The van der Waals surface area contributed by atoms with Gasteiger partial charge in [-0.05, 0) is 75.8 Å². The van der Waals surface area contributed by atoms with Crippen LogP contribution in [0.25, 0.3) is 0 Å². The van der Waals surface area contributed by atoms with Crippen LogP contribution in [-0.4, -0.2) is 6.04 Å². The maximum absolute atomic E-state index is 6.06. The predicted molar refractivity (Wildman–Crippen MR) is 92.5 cm³/mol. The number of aryl methyl sites for hydroxylation is 3. The third-order valence-corrected chi connectivity index (χ3v) is 5.07. The van der Waals surface area contributed by atoms with Crippen molar-refractivity contribution < 1.29 is 0 Å². The molecule has 1 nitrogen and oxygen atoms in total. The second kappa shape index (κ2) is 7.26. The standard InChI is InChI=1S/C20H31N/c1-14-5-7-16(3)18(11-14)8-6-15(2)12-19-9-10-20(21)13-17(19)4/h5,7,11-12,17,19-20H,6,8-10,13,21H2,1-4H3/b15-12-. The molecule has 0 amide bonds. The van der Waals surface area contributed by atoms with Gasteiger partial charge in [0.15, 0.2) is 0 Å². The van der Waals surface area contributed by atoms with Crippen LogP contribution in [0.3, 0.4) is 0 Å². The molecule has 0 aliphatic heterocycles. The van der Waals surface area contributed by atoms with Crippen molar-refractivity contribution in [2.24, 2.45) is 17.6 Å². The second-order valence-electron chi connectivity index (χ2n) is 7.16. The molecule has 1 saturated carbocycles. The van der Waals surface area contributed by atoms with Crippen LogP contribution in [-0.2, 0) is 6.42 Å². The van der Waals surface area contributed by atoms with Crippen molar-refractivity contribution in [3.05, 3.63) is 46.5 Å². The molecule has 116 valence electrons. The van der Waals surface area contributed by atoms with E-state index in [0.717, 1.165) is 18.3 Å². The minimum atomic E-state index is 0.430. The topological polar surface area (TPSA) is 26.0 Å². The highest BCUT2D eigenvalue weighted by Gasteiger charge is 2.23. The molecule has 2 rings (SSSR count). The van der Waals surface area contributed by atoms with Gasteiger partial charge < -0.3 is 5.73 Å². The Bertz CT molecular complexity index is 501. The van der Waals surface area contributed by atoms with Gasteiger partial charge in [0.25, 0.3) is 0 Å². The number of rotatable bonds is 4. The Morgan fingerprint density at radius 3 is 2.76 bits per heavy atom. The molecule has 1 aliphatic rings. The average molecular weight is 285 g/mol. The number of nitrogens with two attached hydrogens (primary N) is 1. The molecule has 0 aromatic heterocycles. The summed E-state index contributed by atoms with van der Waals surface area (Å²) in [6, 6.07) is 7.22. The molecule has 1 fully saturated rings. The summed E-state index contributed by atoms with van der Waals surface area (Å²) in [5.74, 6) is 1.48. The summed E-state index contributed by atoms with van der Waals surface area (Å²) in [5, 5.41) is 0. The number of hydrogen-bond donors (Lipinski definition) is 1. The van der Waals surface area contributed by atoms with Crippen LogP contribution < -0.4 is 5.73 Å². The Morgan fingerprint density at radius 2 is 2.05 bits per heavy atom. The van der Waals surface area contributed by atoms with Gasteiger partial charge in [0, 0.05) is 6.04 Å². The Morgan fingerprint density at radius 1 is 1.29 bits per heavy atom. The fraction of sp³-hybridized carbons (Fsp3) is 0.600. The molecule has 1 aliphatic carbocycles. The molecule has 21 heavy (non-hydrogen) atoms. The Balaban J connectivity index is 1.93. The van der Waals surface area contributed by atoms with Crippen LogP contribution >= 0.6 is 0 Å². The van der Waals surface area contributed by atoms with Crippen LogP contribution in [0.2, 0.25) is 0 Å². The van der Waals surface area contributed by atoms with Gasteiger partial charge in [0.05, 0.1) is 0 Å². The number of hydrogen-bond acceptors (Lipinski definition) is 1. The summed E-state index contributed by atoms with van der Waals surface area (Å²) in [4.78, 5) is 0. The van der Waals surface area contributed by atoms with Crippen LogP contribution in [0, 0.1) is 25.7 Å². The Kier molecular flexibility index (Phi) is 5.64. The first-order valence-corrected chi connectivity index (χ1v) is 8.44. The summed E-state index contributed by atoms with van der Waals surface area (Å²) in [5.41, 5.74) is 11.9. The summed E-state index contributed by atoms with van der Waals surface area (Å²) in [7, 11) is 0. The normalized spacial score (nSPS) is 26.9. The molecule has 0 radical (unpaired) electrons. The number of allylic oxidation sites excluding steroid dienone is 2. The second-order valence-corrected chi connectivity index (χ2v) is 7.16. The van der Waals surface area contributed by atoms with Crippen molar-refractivity contribution in [3.8, 4) is 0 Å². The van der Waals surface area contributed by atoms with Gasteiger partial charge in [-0.15, -0.1) is 0 Å². The zero-order valence-corrected chi connectivity index (χ0v) is 14.2. The average Bonchev–Trinajstić information content (AvgIpc) is 2.43. The monoisotopic (exact) mass is 285 g/mol. The highest BCUT2D eigenvalue weighted by molar-refractivity contribution is 5.31. The zero-order chi connectivity index (χ0) is 15.4. The van der Waals surface area contributed by atoms with E-state index < -0.39 is 0 Å². The van der Waals surface area contributed by atoms with Crippen molar-refractivity contribution in [1.82, 2.24) is 0 Å². The molecule has 3 unspecified atom stereocenters. The lowest BCUT2D eigenvalue weighted by Gasteiger charge is -2.31. The van der Waals surface area contributed by atoms with Crippen LogP contribution in [0.4, 0.5) is 0 Å². The first-order chi connectivity index (χ1) is 9.95. The van der Waals surface area contributed by atoms with E-state index in [0.29, 0.717) is 6.04 Å². The van der Waals surface area contributed by atoms with Gasteiger partial charge in [-0.2, -0.15) is 0 Å². The maximum atomic E-state index is 6.06. The van der Waals surface area contributed by atoms with E-state index in [2.05, 4.69) is 52.0 Å². The van der Waals surface area contributed by atoms with E-state index in [-0.39, 0.29) is 0 Å². The smallest absolute Gasteiger partial charge is 0.00417 e. The van der Waals surface area contributed by atoms with Crippen LogP contribution in [0.1, 0.15) is 56.2 Å². The van der Waals surface area contributed by atoms with Gasteiger partial charge in [-0.25, -0.2) is 0 Å². The van der Waals surface area contributed by atoms with E-state index in [1.807, 2.05) is 0 Å². The van der Waals surface area contributed by atoms with Crippen LogP contribution in [0.5, 0.6) is 0 Å². The third kappa shape index (κ3) is 4.71. The van der Waals surface area contributed by atoms with E-state index >= 15 is 0 Å². The molecule has 3 atom stereocenters. The molecule has 1 aromatic carbocycles. The SMILES string of the molecule is C/C(=C/C1CCC(N)CC1C)CCc1cc(C)ccc1C. The molecule has 0 spiro atoms. The summed E-state index contributed by atoms with van der Waals surface area (Å²) in [6.07, 6.45) is 8.52. The van der Waals surface area contributed by atoms with Crippen molar-refractivity contribution in [2.75, 3.05) is 0 Å². The molecule has 1 aromatic rings. The maximum Gasteiger partial charge on any atom is 0.00417 e. The van der Waals surface area contributed by atoms with Crippen molar-refractivity contribution in [2.45, 2.75) is 65.8 Å². The largest absolute Gasteiger partial charge is 0.328 e.